The topological polar surface area (TPSA) is 32.3 Å². The van der Waals surface area contributed by atoms with Crippen LogP contribution in [0.4, 0.5) is 0 Å². The number of thiophene rings is 1. The van der Waals surface area contributed by atoms with E-state index < -0.39 is 0 Å². The fourth-order valence-corrected chi connectivity index (χ4v) is 2.78. The summed E-state index contributed by atoms with van der Waals surface area (Å²) in [7, 11) is 0. The Morgan fingerprint density at radius 2 is 2.46 bits per heavy atom. The van der Waals surface area contributed by atoms with Gasteiger partial charge in [0.05, 0.1) is 4.34 Å². The van der Waals surface area contributed by atoms with Gasteiger partial charge in [0, 0.05) is 10.9 Å². The number of aliphatic hydroxyl groups is 1. The van der Waals surface area contributed by atoms with Gasteiger partial charge in [-0.2, -0.15) is 0 Å². The van der Waals surface area contributed by atoms with E-state index in [1.54, 1.807) is 0 Å². The molecular formula is C9H12ClNOS. The van der Waals surface area contributed by atoms with Gasteiger partial charge in [-0.1, -0.05) is 11.6 Å². The van der Waals surface area contributed by atoms with Crippen molar-refractivity contribution < 1.29 is 5.11 Å². The summed E-state index contributed by atoms with van der Waals surface area (Å²) < 4.78 is 0.743. The first-order valence-electron chi connectivity index (χ1n) is 4.44. The Morgan fingerprint density at radius 3 is 3.00 bits per heavy atom. The quantitative estimate of drug-likeness (QED) is 0.796. The third-order valence-electron chi connectivity index (χ3n) is 2.37. The first-order chi connectivity index (χ1) is 6.27. The molecule has 0 spiro atoms. The summed E-state index contributed by atoms with van der Waals surface area (Å²) in [6.07, 6.45) is 1.82. The maximum Gasteiger partial charge on any atom is 0.103 e. The molecule has 1 saturated heterocycles. The largest absolute Gasteiger partial charge is 0.386 e. The third kappa shape index (κ3) is 2.05. The zero-order valence-corrected chi connectivity index (χ0v) is 8.74. The lowest BCUT2D eigenvalue weighted by molar-refractivity contribution is 0.141. The number of hydrogen-bond donors (Lipinski definition) is 2. The molecule has 2 nitrogen and oxygen atoms in total. The van der Waals surface area contributed by atoms with Gasteiger partial charge in [-0.3, -0.25) is 0 Å². The van der Waals surface area contributed by atoms with E-state index >= 15 is 0 Å². The van der Waals surface area contributed by atoms with Crippen LogP contribution in [0.5, 0.6) is 0 Å². The monoisotopic (exact) mass is 217 g/mol. The van der Waals surface area contributed by atoms with Crippen molar-refractivity contribution in [3.05, 3.63) is 21.3 Å². The first-order valence-corrected chi connectivity index (χ1v) is 5.63. The summed E-state index contributed by atoms with van der Waals surface area (Å²) in [5.41, 5.74) is 0. The Bertz CT molecular complexity index is 283. The van der Waals surface area contributed by atoms with Gasteiger partial charge < -0.3 is 10.4 Å². The number of rotatable bonds is 2. The van der Waals surface area contributed by atoms with E-state index in [1.165, 1.54) is 11.3 Å². The van der Waals surface area contributed by atoms with Crippen molar-refractivity contribution in [2.75, 3.05) is 6.54 Å². The molecule has 1 unspecified atom stereocenters. The maximum absolute atomic E-state index is 9.92. The minimum absolute atomic E-state index is 0.217. The van der Waals surface area contributed by atoms with Crippen molar-refractivity contribution in [3.63, 3.8) is 0 Å². The van der Waals surface area contributed by atoms with Gasteiger partial charge >= 0.3 is 0 Å². The van der Waals surface area contributed by atoms with Crippen LogP contribution in [0.25, 0.3) is 0 Å². The lowest BCUT2D eigenvalue weighted by Gasteiger charge is -2.16. The minimum Gasteiger partial charge on any atom is -0.386 e. The summed E-state index contributed by atoms with van der Waals surface area (Å²) in [5.74, 6) is 0. The molecule has 4 heteroatoms. The Hall–Kier alpha value is -0.0900. The summed E-state index contributed by atoms with van der Waals surface area (Å²) in [6.45, 7) is 1.01. The van der Waals surface area contributed by atoms with Crippen molar-refractivity contribution >= 4 is 22.9 Å². The average molecular weight is 218 g/mol. The smallest absolute Gasteiger partial charge is 0.103 e. The summed E-state index contributed by atoms with van der Waals surface area (Å²) in [5, 5.41) is 13.2. The molecule has 13 heavy (non-hydrogen) atoms. The Morgan fingerprint density at radius 1 is 1.62 bits per heavy atom. The Balaban J connectivity index is 2.07. The number of aliphatic hydroxyl groups excluding tert-OH is 1. The van der Waals surface area contributed by atoms with Crippen molar-refractivity contribution in [1.82, 2.24) is 5.32 Å². The van der Waals surface area contributed by atoms with Crippen LogP contribution in [0.2, 0.25) is 4.34 Å². The van der Waals surface area contributed by atoms with E-state index in [0.717, 1.165) is 28.6 Å². The average Bonchev–Trinajstić information content (AvgIpc) is 2.72. The van der Waals surface area contributed by atoms with Crippen LogP contribution < -0.4 is 5.32 Å². The van der Waals surface area contributed by atoms with Gasteiger partial charge in [0.2, 0.25) is 0 Å². The lowest BCUT2D eigenvalue weighted by atomic mass is 10.1. The highest BCUT2D eigenvalue weighted by Crippen LogP contribution is 2.30. The highest BCUT2D eigenvalue weighted by molar-refractivity contribution is 7.16. The van der Waals surface area contributed by atoms with E-state index in [1.807, 2.05) is 12.1 Å². The fraction of sp³-hybridized carbons (Fsp3) is 0.556. The summed E-state index contributed by atoms with van der Waals surface area (Å²) >= 11 is 7.26. The van der Waals surface area contributed by atoms with E-state index in [4.69, 9.17) is 11.6 Å². The van der Waals surface area contributed by atoms with Crippen LogP contribution in [-0.2, 0) is 0 Å². The molecule has 1 aliphatic rings. The molecule has 1 aliphatic heterocycles. The predicted octanol–water partition coefficient (Wildman–Crippen LogP) is 2.19. The minimum atomic E-state index is -0.389. The highest BCUT2D eigenvalue weighted by Gasteiger charge is 2.24. The van der Waals surface area contributed by atoms with E-state index in [0.29, 0.717) is 0 Å². The molecule has 1 aromatic heterocycles. The molecule has 2 rings (SSSR count). The van der Waals surface area contributed by atoms with E-state index in [2.05, 4.69) is 5.32 Å². The van der Waals surface area contributed by atoms with Crippen molar-refractivity contribution in [2.45, 2.75) is 25.0 Å². The van der Waals surface area contributed by atoms with Gasteiger partial charge in [-0.15, -0.1) is 11.3 Å². The Labute approximate surface area is 86.5 Å². The molecule has 0 amide bonds. The zero-order valence-electron chi connectivity index (χ0n) is 7.16. The van der Waals surface area contributed by atoms with E-state index in [9.17, 15) is 5.11 Å². The first kappa shape index (κ1) is 9.46. The van der Waals surface area contributed by atoms with Crippen LogP contribution >= 0.6 is 22.9 Å². The van der Waals surface area contributed by atoms with Crippen molar-refractivity contribution in [2.24, 2.45) is 0 Å². The van der Waals surface area contributed by atoms with Crippen LogP contribution in [0, 0.1) is 0 Å². The Kier molecular flexibility index (Phi) is 2.89. The second-order valence-corrected chi connectivity index (χ2v) is 5.04. The third-order valence-corrected chi connectivity index (χ3v) is 3.67. The molecule has 1 fully saturated rings. The molecule has 2 heterocycles. The van der Waals surface area contributed by atoms with Crippen LogP contribution in [0.3, 0.4) is 0 Å². The zero-order chi connectivity index (χ0) is 9.26. The number of halogens is 1. The van der Waals surface area contributed by atoms with Crippen LogP contribution in [-0.4, -0.2) is 17.7 Å². The molecule has 0 saturated carbocycles. The predicted molar refractivity (Wildman–Crippen MR) is 55.3 cm³/mol. The van der Waals surface area contributed by atoms with Crippen LogP contribution in [0.15, 0.2) is 12.1 Å². The molecule has 1 aromatic rings. The molecule has 72 valence electrons. The van der Waals surface area contributed by atoms with Gasteiger partial charge in [-0.05, 0) is 31.5 Å². The van der Waals surface area contributed by atoms with Crippen LogP contribution in [0.1, 0.15) is 23.8 Å². The van der Waals surface area contributed by atoms with Gasteiger partial charge in [0.1, 0.15) is 6.10 Å². The van der Waals surface area contributed by atoms with Gasteiger partial charge in [-0.25, -0.2) is 0 Å². The summed E-state index contributed by atoms with van der Waals surface area (Å²) in [4.78, 5) is 0.962. The normalized spacial score (nSPS) is 24.9. The van der Waals surface area contributed by atoms with Gasteiger partial charge in [0.25, 0.3) is 0 Å². The van der Waals surface area contributed by atoms with Crippen molar-refractivity contribution in [3.8, 4) is 0 Å². The maximum atomic E-state index is 9.92. The number of hydrogen-bond acceptors (Lipinski definition) is 3. The molecule has 2 N–H and O–H groups in total. The molecule has 0 bridgehead atoms. The summed E-state index contributed by atoms with van der Waals surface area (Å²) in [6, 6.07) is 3.95. The van der Waals surface area contributed by atoms with Crippen molar-refractivity contribution in [1.29, 1.82) is 0 Å². The fourth-order valence-electron chi connectivity index (χ4n) is 1.67. The molecule has 0 radical (unpaired) electrons. The SMILES string of the molecule is OC(c1ccc(Cl)s1)[C@@H]1CCCN1. The second-order valence-electron chi connectivity index (χ2n) is 3.29. The second kappa shape index (κ2) is 3.96. The van der Waals surface area contributed by atoms with E-state index in [-0.39, 0.29) is 12.1 Å². The number of nitrogens with one attached hydrogen (secondary N) is 1. The molecule has 2 atom stereocenters. The molecular weight excluding hydrogens is 206 g/mol. The molecule has 0 aliphatic carbocycles. The highest BCUT2D eigenvalue weighted by atomic mass is 35.5. The standard InChI is InChI=1S/C9H12ClNOS/c10-8-4-3-7(13-8)9(12)6-2-1-5-11-6/h3-4,6,9,11-12H,1-2,5H2/t6-,9?/m0/s1. The molecule has 0 aromatic carbocycles. The van der Waals surface area contributed by atoms with Gasteiger partial charge in [0.15, 0.2) is 0 Å². The lowest BCUT2D eigenvalue weighted by Crippen LogP contribution is -2.28.